The normalized spacial score (nSPS) is 13.8. The number of rotatable bonds is 4. The highest BCUT2D eigenvalue weighted by Gasteiger charge is 2.25. The molecule has 1 aromatic carbocycles. The third kappa shape index (κ3) is 2.94. The van der Waals surface area contributed by atoms with Gasteiger partial charge >= 0.3 is 0 Å². The minimum absolute atomic E-state index is 0.219. The maximum atomic E-state index is 12.0. The molecule has 0 spiro atoms. The van der Waals surface area contributed by atoms with Crippen molar-refractivity contribution >= 4 is 11.6 Å². The van der Waals surface area contributed by atoms with E-state index in [0.29, 0.717) is 12.1 Å². The molecule has 1 aromatic heterocycles. The average molecular weight is 260 g/mol. The van der Waals surface area contributed by atoms with E-state index in [1.807, 2.05) is 19.1 Å². The molecule has 7 nitrogen and oxygen atoms in total. The Balaban J connectivity index is 2.19. The van der Waals surface area contributed by atoms with Crippen LogP contribution in [0.25, 0.3) is 5.69 Å². The molecule has 0 saturated carbocycles. The highest BCUT2D eigenvalue weighted by molar-refractivity contribution is 5.97. The number of nitrogens with zero attached hydrogens (tertiary/aromatic N) is 4. The van der Waals surface area contributed by atoms with Crippen LogP contribution in [0.4, 0.5) is 5.69 Å². The summed E-state index contributed by atoms with van der Waals surface area (Å²) < 4.78 is 1.51. The van der Waals surface area contributed by atoms with Gasteiger partial charge in [-0.15, -0.1) is 5.10 Å². The zero-order valence-corrected chi connectivity index (χ0v) is 10.9. The number of tetrazole rings is 1. The third-order valence-electron chi connectivity index (χ3n) is 2.97. The summed E-state index contributed by atoms with van der Waals surface area (Å²) in [7, 11) is 0. The Labute approximate surface area is 110 Å². The van der Waals surface area contributed by atoms with Crippen molar-refractivity contribution in [2.45, 2.75) is 25.8 Å². The van der Waals surface area contributed by atoms with Crippen LogP contribution in [0, 0.1) is 0 Å². The molecule has 100 valence electrons. The number of carbonyl (C=O) groups excluding carboxylic acids is 1. The van der Waals surface area contributed by atoms with E-state index in [9.17, 15) is 4.79 Å². The van der Waals surface area contributed by atoms with Crippen LogP contribution in [0.3, 0.4) is 0 Å². The molecule has 2 rings (SSSR count). The van der Waals surface area contributed by atoms with E-state index in [1.165, 1.54) is 11.0 Å². The first-order valence-corrected chi connectivity index (χ1v) is 5.96. The fourth-order valence-corrected chi connectivity index (χ4v) is 1.44. The number of anilines is 1. The van der Waals surface area contributed by atoms with E-state index in [-0.39, 0.29) is 5.91 Å². The summed E-state index contributed by atoms with van der Waals surface area (Å²) in [5.41, 5.74) is 6.42. The molecule has 0 saturated heterocycles. The van der Waals surface area contributed by atoms with E-state index in [1.54, 1.807) is 19.1 Å². The zero-order valence-electron chi connectivity index (χ0n) is 10.9. The summed E-state index contributed by atoms with van der Waals surface area (Å²) in [5.74, 6) is -0.219. The molecule has 1 unspecified atom stereocenters. The molecule has 0 radical (unpaired) electrons. The molecule has 0 aliphatic rings. The average Bonchev–Trinajstić information content (AvgIpc) is 2.93. The predicted octanol–water partition coefficient (Wildman–Crippen LogP) is 0.728. The molecular weight excluding hydrogens is 244 g/mol. The fraction of sp³-hybridized carbons (Fsp3) is 0.333. The van der Waals surface area contributed by atoms with Crippen LogP contribution < -0.4 is 11.1 Å². The van der Waals surface area contributed by atoms with Crippen molar-refractivity contribution in [1.29, 1.82) is 0 Å². The minimum Gasteiger partial charge on any atom is -0.324 e. The molecule has 7 heteroatoms. The van der Waals surface area contributed by atoms with Crippen molar-refractivity contribution in [2.75, 3.05) is 5.32 Å². The fourth-order valence-electron chi connectivity index (χ4n) is 1.44. The summed E-state index contributed by atoms with van der Waals surface area (Å²) >= 11 is 0. The highest BCUT2D eigenvalue weighted by atomic mass is 16.2. The van der Waals surface area contributed by atoms with Crippen molar-refractivity contribution in [3.8, 4) is 5.69 Å². The van der Waals surface area contributed by atoms with E-state index in [2.05, 4.69) is 20.8 Å². The van der Waals surface area contributed by atoms with Crippen LogP contribution in [0.5, 0.6) is 0 Å². The number of hydrogen-bond donors (Lipinski definition) is 2. The van der Waals surface area contributed by atoms with Gasteiger partial charge in [-0.1, -0.05) is 13.0 Å². The van der Waals surface area contributed by atoms with E-state index < -0.39 is 5.54 Å². The van der Waals surface area contributed by atoms with Gasteiger partial charge in [0.25, 0.3) is 0 Å². The molecule has 0 bridgehead atoms. The molecule has 1 heterocycles. The Morgan fingerprint density at radius 3 is 2.95 bits per heavy atom. The van der Waals surface area contributed by atoms with Gasteiger partial charge in [0, 0.05) is 5.69 Å². The molecule has 0 fully saturated rings. The molecule has 19 heavy (non-hydrogen) atoms. The highest BCUT2D eigenvalue weighted by Crippen LogP contribution is 2.15. The summed E-state index contributed by atoms with van der Waals surface area (Å²) in [4.78, 5) is 12.0. The number of amides is 1. The first-order valence-electron chi connectivity index (χ1n) is 5.96. The van der Waals surface area contributed by atoms with E-state index >= 15 is 0 Å². The van der Waals surface area contributed by atoms with Crippen LogP contribution >= 0.6 is 0 Å². The first kappa shape index (κ1) is 13.2. The van der Waals surface area contributed by atoms with Crippen molar-refractivity contribution in [1.82, 2.24) is 20.2 Å². The Morgan fingerprint density at radius 2 is 2.32 bits per heavy atom. The standard InChI is InChI=1S/C12H16N6O/c1-3-12(2,13)11(19)15-9-5-4-6-10(7-9)18-8-14-16-17-18/h4-8H,3,13H2,1-2H3,(H,15,19). The lowest BCUT2D eigenvalue weighted by Crippen LogP contribution is -2.47. The molecule has 0 aliphatic heterocycles. The van der Waals surface area contributed by atoms with E-state index in [4.69, 9.17) is 5.73 Å². The Morgan fingerprint density at radius 1 is 1.53 bits per heavy atom. The quantitative estimate of drug-likeness (QED) is 0.844. The predicted molar refractivity (Wildman–Crippen MR) is 70.7 cm³/mol. The van der Waals surface area contributed by atoms with Crippen molar-refractivity contribution in [3.05, 3.63) is 30.6 Å². The van der Waals surface area contributed by atoms with Crippen molar-refractivity contribution in [3.63, 3.8) is 0 Å². The third-order valence-corrected chi connectivity index (χ3v) is 2.97. The van der Waals surface area contributed by atoms with Crippen LogP contribution in [0.1, 0.15) is 20.3 Å². The van der Waals surface area contributed by atoms with Crippen molar-refractivity contribution in [2.24, 2.45) is 5.73 Å². The number of carbonyl (C=O) groups is 1. The lowest BCUT2D eigenvalue weighted by molar-refractivity contribution is -0.120. The van der Waals surface area contributed by atoms with Gasteiger partial charge in [-0.2, -0.15) is 0 Å². The van der Waals surface area contributed by atoms with Gasteiger partial charge in [-0.25, -0.2) is 4.68 Å². The Kier molecular flexibility index (Phi) is 3.57. The number of benzene rings is 1. The molecule has 3 N–H and O–H groups in total. The Bertz CT molecular complexity index is 563. The molecule has 2 aromatic rings. The van der Waals surface area contributed by atoms with Crippen LogP contribution in [-0.2, 0) is 4.79 Å². The summed E-state index contributed by atoms with van der Waals surface area (Å²) in [6.07, 6.45) is 2.05. The monoisotopic (exact) mass is 260 g/mol. The summed E-state index contributed by atoms with van der Waals surface area (Å²) in [6.45, 7) is 3.57. The SMILES string of the molecule is CCC(C)(N)C(=O)Nc1cccc(-n2cnnn2)c1. The van der Waals surface area contributed by atoms with Gasteiger partial charge in [-0.05, 0) is 42.0 Å². The second-order valence-electron chi connectivity index (χ2n) is 4.53. The maximum Gasteiger partial charge on any atom is 0.244 e. The lowest BCUT2D eigenvalue weighted by atomic mass is 9.99. The van der Waals surface area contributed by atoms with Crippen LogP contribution in [0.15, 0.2) is 30.6 Å². The van der Waals surface area contributed by atoms with Crippen LogP contribution in [0.2, 0.25) is 0 Å². The zero-order chi connectivity index (χ0) is 13.9. The van der Waals surface area contributed by atoms with Crippen LogP contribution in [-0.4, -0.2) is 31.7 Å². The van der Waals surface area contributed by atoms with Gasteiger partial charge in [0.2, 0.25) is 5.91 Å². The maximum absolute atomic E-state index is 12.0. The molecule has 1 amide bonds. The lowest BCUT2D eigenvalue weighted by Gasteiger charge is -2.21. The molecule has 1 atom stereocenters. The topological polar surface area (TPSA) is 98.7 Å². The van der Waals surface area contributed by atoms with Gasteiger partial charge in [0.1, 0.15) is 6.33 Å². The summed E-state index contributed by atoms with van der Waals surface area (Å²) in [6, 6.07) is 7.22. The first-order chi connectivity index (χ1) is 9.03. The number of hydrogen-bond acceptors (Lipinski definition) is 5. The second kappa shape index (κ2) is 5.15. The number of nitrogens with two attached hydrogens (primary N) is 1. The van der Waals surface area contributed by atoms with Gasteiger partial charge in [-0.3, -0.25) is 4.79 Å². The largest absolute Gasteiger partial charge is 0.324 e. The van der Waals surface area contributed by atoms with Gasteiger partial charge in [0.05, 0.1) is 11.2 Å². The van der Waals surface area contributed by atoms with Crippen molar-refractivity contribution < 1.29 is 4.79 Å². The molecular formula is C12H16N6O. The van der Waals surface area contributed by atoms with Gasteiger partial charge < -0.3 is 11.1 Å². The number of aromatic nitrogens is 4. The van der Waals surface area contributed by atoms with Gasteiger partial charge in [0.15, 0.2) is 0 Å². The minimum atomic E-state index is -0.884. The number of nitrogens with one attached hydrogen (secondary N) is 1. The summed E-state index contributed by atoms with van der Waals surface area (Å²) in [5, 5.41) is 13.7. The smallest absolute Gasteiger partial charge is 0.244 e. The second-order valence-corrected chi connectivity index (χ2v) is 4.53. The van der Waals surface area contributed by atoms with E-state index in [0.717, 1.165) is 5.69 Å². The Hall–Kier alpha value is -2.28. The molecule has 0 aliphatic carbocycles.